The van der Waals surface area contributed by atoms with Crippen molar-refractivity contribution in [2.75, 3.05) is 0 Å². The Morgan fingerprint density at radius 2 is 1.90 bits per heavy atom. The molecule has 2 heterocycles. The first-order chi connectivity index (χ1) is 9.66. The van der Waals surface area contributed by atoms with Gasteiger partial charge in [0.15, 0.2) is 0 Å². The number of aromatic nitrogens is 2. The number of fused-ring (bicyclic) bond motifs is 1. The number of carbonyl (C=O) groups is 2. The summed E-state index contributed by atoms with van der Waals surface area (Å²) in [5.41, 5.74) is 1.13. The molecule has 0 aliphatic heterocycles. The van der Waals surface area contributed by atoms with Crippen LogP contribution in [0, 0.1) is 0 Å². The van der Waals surface area contributed by atoms with E-state index in [1.165, 1.54) is 12.3 Å². The predicted octanol–water partition coefficient (Wildman–Crippen LogP) is 3.05. The minimum Gasteiger partial charge on any atom is -0.297 e. The third-order valence-electron chi connectivity index (χ3n) is 2.94. The maximum atomic E-state index is 12.3. The molecule has 3 aromatic rings. The Morgan fingerprint density at radius 1 is 1.05 bits per heavy atom. The van der Waals surface area contributed by atoms with Crippen molar-refractivity contribution in [3.8, 4) is 0 Å². The Kier molecular flexibility index (Phi) is 3.08. The molecule has 0 aliphatic rings. The first kappa shape index (κ1) is 12.6. The molecule has 1 aromatic carbocycles. The van der Waals surface area contributed by atoms with Crippen LogP contribution in [-0.4, -0.2) is 21.0 Å². The molecular weight excluding hydrogens is 276 g/mol. The Labute approximate surface area is 119 Å². The van der Waals surface area contributed by atoms with Gasteiger partial charge in [-0.15, -0.1) is 0 Å². The minimum absolute atomic E-state index is 0.241. The van der Waals surface area contributed by atoms with Gasteiger partial charge in [0, 0.05) is 16.8 Å². The van der Waals surface area contributed by atoms with E-state index in [0.29, 0.717) is 10.7 Å². The van der Waals surface area contributed by atoms with Gasteiger partial charge in [0.2, 0.25) is 5.78 Å². The van der Waals surface area contributed by atoms with Crippen molar-refractivity contribution in [1.29, 1.82) is 0 Å². The van der Waals surface area contributed by atoms with Gasteiger partial charge in [-0.3, -0.25) is 14.0 Å². The first-order valence-corrected chi connectivity index (χ1v) is 6.31. The third-order valence-corrected chi connectivity index (χ3v) is 3.18. The molecule has 0 radical (unpaired) electrons. The SMILES string of the molecule is O=C(C(=O)c1cnc2ccccn12)c1cccc(Cl)c1. The summed E-state index contributed by atoms with van der Waals surface area (Å²) in [7, 11) is 0. The topological polar surface area (TPSA) is 51.4 Å². The molecule has 0 unspecified atom stereocenters. The molecule has 98 valence electrons. The predicted molar refractivity (Wildman–Crippen MR) is 75.3 cm³/mol. The Balaban J connectivity index is 2.02. The van der Waals surface area contributed by atoms with E-state index >= 15 is 0 Å². The van der Waals surface area contributed by atoms with Crippen LogP contribution in [0.25, 0.3) is 5.65 Å². The van der Waals surface area contributed by atoms with Crippen molar-refractivity contribution in [2.45, 2.75) is 0 Å². The van der Waals surface area contributed by atoms with Crippen molar-refractivity contribution in [1.82, 2.24) is 9.38 Å². The number of rotatable bonds is 3. The summed E-state index contributed by atoms with van der Waals surface area (Å²) in [4.78, 5) is 28.6. The maximum absolute atomic E-state index is 12.3. The molecule has 5 heteroatoms. The second-order valence-electron chi connectivity index (χ2n) is 4.24. The molecule has 0 bridgehead atoms. The number of halogens is 1. The largest absolute Gasteiger partial charge is 0.297 e. The molecule has 2 aromatic heterocycles. The second-order valence-corrected chi connectivity index (χ2v) is 4.68. The number of nitrogens with zero attached hydrogens (tertiary/aromatic N) is 2. The van der Waals surface area contributed by atoms with Gasteiger partial charge in [0.05, 0.1) is 6.20 Å². The fraction of sp³-hybridized carbons (Fsp3) is 0. The second kappa shape index (κ2) is 4.90. The number of pyridine rings is 1. The maximum Gasteiger partial charge on any atom is 0.251 e. The summed E-state index contributed by atoms with van der Waals surface area (Å²) in [6.07, 6.45) is 3.10. The Hall–Kier alpha value is -2.46. The molecule has 0 fully saturated rings. The summed E-state index contributed by atoms with van der Waals surface area (Å²) in [6.45, 7) is 0. The van der Waals surface area contributed by atoms with Gasteiger partial charge >= 0.3 is 0 Å². The minimum atomic E-state index is -0.606. The number of hydrogen-bond donors (Lipinski definition) is 0. The van der Waals surface area contributed by atoms with Crippen LogP contribution < -0.4 is 0 Å². The number of ketones is 2. The zero-order chi connectivity index (χ0) is 14.1. The van der Waals surface area contributed by atoms with Gasteiger partial charge in [-0.1, -0.05) is 29.8 Å². The summed E-state index contributed by atoms with van der Waals surface area (Å²) >= 11 is 5.83. The molecule has 4 nitrogen and oxygen atoms in total. The van der Waals surface area contributed by atoms with Crippen LogP contribution in [0.4, 0.5) is 0 Å². The fourth-order valence-corrected chi connectivity index (χ4v) is 2.17. The molecular formula is C15H9ClN2O2. The molecule has 0 saturated carbocycles. The highest BCUT2D eigenvalue weighted by atomic mass is 35.5. The highest BCUT2D eigenvalue weighted by Gasteiger charge is 2.21. The molecule has 0 saturated heterocycles. The number of Topliss-reactive ketones (excluding diaryl/α,β-unsaturated/α-hetero) is 2. The van der Waals surface area contributed by atoms with E-state index in [-0.39, 0.29) is 11.3 Å². The molecule has 0 atom stereocenters. The van der Waals surface area contributed by atoms with Crippen molar-refractivity contribution >= 4 is 28.8 Å². The van der Waals surface area contributed by atoms with E-state index < -0.39 is 11.6 Å². The standard InChI is InChI=1S/C15H9ClN2O2/c16-11-5-3-4-10(8-11)14(19)15(20)12-9-17-13-6-1-2-7-18(12)13/h1-9H. The van der Waals surface area contributed by atoms with E-state index in [9.17, 15) is 9.59 Å². The van der Waals surface area contributed by atoms with E-state index in [2.05, 4.69) is 4.98 Å². The average molecular weight is 285 g/mol. The zero-order valence-corrected chi connectivity index (χ0v) is 11.0. The van der Waals surface area contributed by atoms with Crippen LogP contribution in [0.3, 0.4) is 0 Å². The monoisotopic (exact) mass is 284 g/mol. The van der Waals surface area contributed by atoms with Crippen LogP contribution in [-0.2, 0) is 0 Å². The molecule has 0 aliphatic carbocycles. The van der Waals surface area contributed by atoms with E-state index in [4.69, 9.17) is 11.6 Å². The quantitative estimate of drug-likeness (QED) is 0.549. The molecule has 0 N–H and O–H groups in total. The lowest BCUT2D eigenvalue weighted by molar-refractivity contribution is 0.0813. The van der Waals surface area contributed by atoms with Crippen LogP contribution in [0.1, 0.15) is 20.8 Å². The van der Waals surface area contributed by atoms with Crippen LogP contribution in [0.5, 0.6) is 0 Å². The average Bonchev–Trinajstić information content (AvgIpc) is 2.89. The van der Waals surface area contributed by atoms with Crippen molar-refractivity contribution in [3.05, 3.63) is 71.1 Å². The smallest absolute Gasteiger partial charge is 0.251 e. The molecule has 0 amide bonds. The summed E-state index contributed by atoms with van der Waals surface area (Å²) in [5.74, 6) is -1.20. The van der Waals surface area contributed by atoms with Gasteiger partial charge in [0.25, 0.3) is 5.78 Å². The summed E-state index contributed by atoms with van der Waals surface area (Å²) in [6, 6.07) is 11.7. The zero-order valence-electron chi connectivity index (χ0n) is 10.3. The lowest BCUT2D eigenvalue weighted by Crippen LogP contribution is -2.16. The van der Waals surface area contributed by atoms with Gasteiger partial charge in [-0.2, -0.15) is 0 Å². The van der Waals surface area contributed by atoms with Crippen LogP contribution in [0.15, 0.2) is 54.9 Å². The Bertz CT molecular complexity index is 823. The summed E-state index contributed by atoms with van der Waals surface area (Å²) in [5, 5.41) is 0.418. The van der Waals surface area contributed by atoms with Crippen molar-refractivity contribution in [2.24, 2.45) is 0 Å². The van der Waals surface area contributed by atoms with Crippen LogP contribution in [0.2, 0.25) is 5.02 Å². The lowest BCUT2D eigenvalue weighted by atomic mass is 10.1. The first-order valence-electron chi connectivity index (χ1n) is 5.93. The third kappa shape index (κ3) is 2.10. The molecule has 0 spiro atoms. The number of carbonyl (C=O) groups excluding carboxylic acids is 2. The van der Waals surface area contributed by atoms with Crippen molar-refractivity contribution < 1.29 is 9.59 Å². The highest BCUT2D eigenvalue weighted by Crippen LogP contribution is 2.14. The van der Waals surface area contributed by atoms with Gasteiger partial charge in [-0.25, -0.2) is 4.98 Å². The van der Waals surface area contributed by atoms with Crippen molar-refractivity contribution in [3.63, 3.8) is 0 Å². The van der Waals surface area contributed by atoms with E-state index in [1.807, 2.05) is 6.07 Å². The van der Waals surface area contributed by atoms with Gasteiger partial charge < -0.3 is 0 Å². The number of imidazole rings is 1. The van der Waals surface area contributed by atoms with Crippen LogP contribution >= 0.6 is 11.6 Å². The Morgan fingerprint density at radius 3 is 2.70 bits per heavy atom. The summed E-state index contributed by atoms with van der Waals surface area (Å²) < 4.78 is 1.59. The normalized spacial score (nSPS) is 10.7. The molecule has 3 rings (SSSR count). The highest BCUT2D eigenvalue weighted by molar-refractivity contribution is 6.49. The number of benzene rings is 1. The lowest BCUT2D eigenvalue weighted by Gasteiger charge is -2.01. The fourth-order valence-electron chi connectivity index (χ4n) is 1.98. The van der Waals surface area contributed by atoms with Gasteiger partial charge in [-0.05, 0) is 24.3 Å². The van der Waals surface area contributed by atoms with Gasteiger partial charge in [0.1, 0.15) is 11.3 Å². The molecule has 20 heavy (non-hydrogen) atoms. The number of hydrogen-bond acceptors (Lipinski definition) is 3. The van der Waals surface area contributed by atoms with E-state index in [1.54, 1.807) is 40.9 Å². The van der Waals surface area contributed by atoms with E-state index in [0.717, 1.165) is 0 Å².